The summed E-state index contributed by atoms with van der Waals surface area (Å²) in [5.74, 6) is 0.118. The van der Waals surface area contributed by atoms with Crippen molar-refractivity contribution in [1.29, 1.82) is 0 Å². The van der Waals surface area contributed by atoms with Crippen molar-refractivity contribution in [2.24, 2.45) is 0 Å². The Kier molecular flexibility index (Phi) is 4.27. The van der Waals surface area contributed by atoms with Crippen molar-refractivity contribution in [2.45, 2.75) is 39.3 Å². The van der Waals surface area contributed by atoms with Crippen LogP contribution in [0.3, 0.4) is 0 Å². The van der Waals surface area contributed by atoms with Gasteiger partial charge in [-0.3, -0.25) is 9.59 Å². The smallest absolute Gasteiger partial charge is 0.219 e. The summed E-state index contributed by atoms with van der Waals surface area (Å²) in [7, 11) is 0. The monoisotopic (exact) mass is 315 g/mol. The minimum Gasteiger partial charge on any atom is -0.381 e. The normalized spacial score (nSPS) is 15.8. The van der Waals surface area contributed by atoms with E-state index in [0.717, 1.165) is 55.5 Å². The van der Waals surface area contributed by atoms with E-state index in [2.05, 4.69) is 15.4 Å². The third kappa shape index (κ3) is 2.91. The van der Waals surface area contributed by atoms with E-state index in [-0.39, 0.29) is 11.9 Å². The molecule has 0 aliphatic carbocycles. The lowest BCUT2D eigenvalue weighted by Gasteiger charge is -2.32. The molecule has 0 atom stereocenters. The number of aryl methyl sites for hydroxylation is 1. The Morgan fingerprint density at radius 3 is 2.74 bits per heavy atom. The van der Waals surface area contributed by atoms with Crippen molar-refractivity contribution in [1.82, 2.24) is 19.7 Å². The number of hydrogen-bond acceptors (Lipinski definition) is 5. The number of likely N-dealkylation sites (tertiary alicyclic amines) is 1. The van der Waals surface area contributed by atoms with E-state index in [1.807, 2.05) is 16.5 Å². The van der Waals surface area contributed by atoms with Gasteiger partial charge in [-0.2, -0.15) is 5.10 Å². The third-order valence-electron chi connectivity index (χ3n) is 4.41. The lowest BCUT2D eigenvalue weighted by atomic mass is 10.0. The van der Waals surface area contributed by atoms with E-state index in [1.54, 1.807) is 19.3 Å². The fourth-order valence-electron chi connectivity index (χ4n) is 3.07. The van der Waals surface area contributed by atoms with E-state index in [1.165, 1.54) is 0 Å². The van der Waals surface area contributed by atoms with Crippen molar-refractivity contribution in [3.63, 3.8) is 0 Å². The number of amides is 1. The lowest BCUT2D eigenvalue weighted by Crippen LogP contribution is -2.41. The van der Waals surface area contributed by atoms with Gasteiger partial charge in [0.1, 0.15) is 0 Å². The average molecular weight is 315 g/mol. The summed E-state index contributed by atoms with van der Waals surface area (Å²) >= 11 is 0. The number of carbonyl (C=O) groups excluding carboxylic acids is 2. The first kappa shape index (κ1) is 15.5. The van der Waals surface area contributed by atoms with Crippen LogP contribution in [0.1, 0.15) is 37.0 Å². The van der Waals surface area contributed by atoms with Crippen LogP contribution in [0, 0.1) is 0 Å². The van der Waals surface area contributed by atoms with Crippen LogP contribution < -0.4 is 5.32 Å². The molecule has 0 radical (unpaired) electrons. The number of nitrogens with one attached hydrogen (secondary N) is 1. The Morgan fingerprint density at radius 2 is 2.13 bits per heavy atom. The molecule has 2 aromatic rings. The van der Waals surface area contributed by atoms with Crippen LogP contribution in [-0.2, 0) is 11.3 Å². The molecule has 23 heavy (non-hydrogen) atoms. The molecule has 1 aliphatic rings. The maximum absolute atomic E-state index is 11.4. The van der Waals surface area contributed by atoms with Gasteiger partial charge in [0, 0.05) is 38.8 Å². The zero-order valence-electron chi connectivity index (χ0n) is 13.5. The lowest BCUT2D eigenvalue weighted by molar-refractivity contribution is -0.129. The maximum Gasteiger partial charge on any atom is 0.219 e. The number of pyridine rings is 1. The molecular weight excluding hydrogens is 294 g/mol. The van der Waals surface area contributed by atoms with Crippen molar-refractivity contribution in [2.75, 3.05) is 18.4 Å². The van der Waals surface area contributed by atoms with Crippen LogP contribution in [0.2, 0.25) is 0 Å². The van der Waals surface area contributed by atoms with Gasteiger partial charge in [-0.1, -0.05) is 0 Å². The summed E-state index contributed by atoms with van der Waals surface area (Å²) in [5, 5.41) is 8.67. The molecule has 7 heteroatoms. The minimum absolute atomic E-state index is 0.118. The summed E-state index contributed by atoms with van der Waals surface area (Å²) < 4.78 is 1.81. The van der Waals surface area contributed by atoms with E-state index >= 15 is 0 Å². The SMILES string of the molecule is CCn1ncc2c(NC3CCN(C(C)=O)CC3)c(C=O)cnc21. The molecule has 2 aromatic heterocycles. The van der Waals surface area contributed by atoms with E-state index < -0.39 is 0 Å². The van der Waals surface area contributed by atoms with E-state index in [4.69, 9.17) is 0 Å². The highest BCUT2D eigenvalue weighted by atomic mass is 16.2. The molecule has 0 bridgehead atoms. The highest BCUT2D eigenvalue weighted by Crippen LogP contribution is 2.27. The zero-order chi connectivity index (χ0) is 16.4. The second-order valence-electron chi connectivity index (χ2n) is 5.83. The second kappa shape index (κ2) is 6.36. The highest BCUT2D eigenvalue weighted by Gasteiger charge is 2.22. The Labute approximate surface area is 134 Å². The van der Waals surface area contributed by atoms with Gasteiger partial charge in [0.25, 0.3) is 0 Å². The van der Waals surface area contributed by atoms with Crippen LogP contribution in [0.5, 0.6) is 0 Å². The van der Waals surface area contributed by atoms with Crippen LogP contribution in [0.25, 0.3) is 11.0 Å². The van der Waals surface area contributed by atoms with Gasteiger partial charge in [0.15, 0.2) is 11.9 Å². The summed E-state index contributed by atoms with van der Waals surface area (Å²) in [5.41, 5.74) is 2.12. The number of rotatable bonds is 4. The Hall–Kier alpha value is -2.44. The van der Waals surface area contributed by atoms with Crippen molar-refractivity contribution < 1.29 is 9.59 Å². The first-order chi connectivity index (χ1) is 11.1. The second-order valence-corrected chi connectivity index (χ2v) is 5.83. The molecule has 0 aromatic carbocycles. The quantitative estimate of drug-likeness (QED) is 0.868. The number of hydrogen-bond donors (Lipinski definition) is 1. The van der Waals surface area contributed by atoms with Crippen LogP contribution in [0.15, 0.2) is 12.4 Å². The van der Waals surface area contributed by atoms with E-state index in [0.29, 0.717) is 5.56 Å². The Morgan fingerprint density at radius 1 is 1.39 bits per heavy atom. The topological polar surface area (TPSA) is 80.1 Å². The summed E-state index contributed by atoms with van der Waals surface area (Å²) in [6.45, 7) is 5.82. The van der Waals surface area contributed by atoms with Gasteiger partial charge < -0.3 is 10.2 Å². The van der Waals surface area contributed by atoms with Crippen LogP contribution in [0.4, 0.5) is 5.69 Å². The molecule has 1 N–H and O–H groups in total. The van der Waals surface area contributed by atoms with Gasteiger partial charge >= 0.3 is 0 Å². The number of fused-ring (bicyclic) bond motifs is 1. The van der Waals surface area contributed by atoms with E-state index in [9.17, 15) is 9.59 Å². The standard InChI is InChI=1S/C16H21N5O2/c1-3-21-16-14(9-18-21)15(12(10-22)8-17-16)19-13-4-6-20(7-5-13)11(2)23/h8-10,13H,3-7H2,1-2H3,(H,17,19). The van der Waals surface area contributed by atoms with Crippen molar-refractivity contribution in [3.05, 3.63) is 18.0 Å². The minimum atomic E-state index is 0.118. The van der Waals surface area contributed by atoms with Gasteiger partial charge in [0.2, 0.25) is 5.91 Å². The summed E-state index contributed by atoms with van der Waals surface area (Å²) in [6.07, 6.45) is 5.90. The number of aldehydes is 1. The fourth-order valence-corrected chi connectivity index (χ4v) is 3.07. The predicted octanol–water partition coefficient (Wildman–Crippen LogP) is 1.69. The number of anilines is 1. The van der Waals surface area contributed by atoms with Gasteiger partial charge in [-0.05, 0) is 19.8 Å². The first-order valence-corrected chi connectivity index (χ1v) is 7.95. The highest BCUT2D eigenvalue weighted by molar-refractivity contribution is 5.98. The molecular formula is C16H21N5O2. The predicted molar refractivity (Wildman–Crippen MR) is 87.5 cm³/mol. The number of nitrogens with zero attached hydrogens (tertiary/aromatic N) is 4. The van der Waals surface area contributed by atoms with Crippen molar-refractivity contribution in [3.8, 4) is 0 Å². The number of piperidine rings is 1. The summed E-state index contributed by atoms with van der Waals surface area (Å²) in [4.78, 5) is 29.0. The molecule has 3 rings (SSSR count). The maximum atomic E-state index is 11.4. The molecule has 3 heterocycles. The summed E-state index contributed by atoms with van der Waals surface area (Å²) in [6, 6.07) is 0.236. The molecule has 0 unspecified atom stereocenters. The molecule has 122 valence electrons. The largest absolute Gasteiger partial charge is 0.381 e. The van der Waals surface area contributed by atoms with Crippen LogP contribution in [-0.4, -0.2) is 51.0 Å². The fraction of sp³-hybridized carbons (Fsp3) is 0.500. The molecule has 0 spiro atoms. The average Bonchev–Trinajstić information content (AvgIpc) is 2.99. The molecule has 0 saturated carbocycles. The Bertz CT molecular complexity index is 731. The number of aromatic nitrogens is 3. The molecule has 7 nitrogen and oxygen atoms in total. The molecule has 1 amide bonds. The Balaban J connectivity index is 1.86. The number of carbonyl (C=O) groups is 2. The van der Waals surface area contributed by atoms with Crippen molar-refractivity contribution >= 4 is 28.9 Å². The van der Waals surface area contributed by atoms with Gasteiger partial charge in [-0.15, -0.1) is 0 Å². The van der Waals surface area contributed by atoms with Gasteiger partial charge in [0.05, 0.1) is 22.8 Å². The zero-order valence-corrected chi connectivity index (χ0v) is 13.5. The molecule has 1 fully saturated rings. The molecule has 1 aliphatic heterocycles. The molecule has 1 saturated heterocycles. The first-order valence-electron chi connectivity index (χ1n) is 7.95. The van der Waals surface area contributed by atoms with Gasteiger partial charge in [-0.25, -0.2) is 9.67 Å². The van der Waals surface area contributed by atoms with Crippen LogP contribution >= 0.6 is 0 Å². The third-order valence-corrected chi connectivity index (χ3v) is 4.41.